The monoisotopic (exact) mass is 290 g/mol. The predicted octanol–water partition coefficient (Wildman–Crippen LogP) is 1.34. The number of ether oxygens (including phenoxy) is 2. The van der Waals surface area contributed by atoms with Crippen molar-refractivity contribution >= 4 is 5.91 Å². The second-order valence-corrected chi connectivity index (χ2v) is 5.72. The number of amides is 1. The van der Waals surface area contributed by atoms with Gasteiger partial charge >= 0.3 is 0 Å². The fraction of sp³-hybridized carbons (Fsp3) is 0.562. The Balaban J connectivity index is 1.58. The summed E-state index contributed by atoms with van der Waals surface area (Å²) in [6.45, 7) is 2.86. The third kappa shape index (κ3) is 3.47. The minimum atomic E-state index is 0.145. The summed E-state index contributed by atoms with van der Waals surface area (Å²) in [5.41, 5.74) is 6.94. The van der Waals surface area contributed by atoms with Crippen LogP contribution in [0, 0.1) is 0 Å². The van der Waals surface area contributed by atoms with Crippen molar-refractivity contribution in [2.75, 3.05) is 26.3 Å². The Morgan fingerprint density at radius 1 is 1.29 bits per heavy atom. The lowest BCUT2D eigenvalue weighted by Crippen LogP contribution is -2.31. The lowest BCUT2D eigenvalue weighted by molar-refractivity contribution is -0.130. The molecule has 1 amide bonds. The Morgan fingerprint density at radius 2 is 2.10 bits per heavy atom. The van der Waals surface area contributed by atoms with Crippen LogP contribution in [-0.2, 0) is 11.2 Å². The molecular formula is C16H22N2O3. The molecule has 3 rings (SSSR count). The molecule has 1 aromatic rings. The predicted molar refractivity (Wildman–Crippen MR) is 79.5 cm³/mol. The second-order valence-electron chi connectivity index (χ2n) is 5.72. The number of hydrogen-bond acceptors (Lipinski definition) is 4. The average Bonchev–Trinajstić information content (AvgIpc) is 2.79. The molecule has 0 spiro atoms. The normalized spacial score (nSPS) is 21.2. The number of rotatable bonds is 3. The summed E-state index contributed by atoms with van der Waals surface area (Å²) in [7, 11) is 0. The van der Waals surface area contributed by atoms with Crippen LogP contribution in [0.2, 0.25) is 0 Å². The van der Waals surface area contributed by atoms with Gasteiger partial charge in [0.1, 0.15) is 0 Å². The fourth-order valence-electron chi connectivity index (χ4n) is 2.79. The molecule has 2 N–H and O–H groups in total. The molecule has 5 nitrogen and oxygen atoms in total. The maximum absolute atomic E-state index is 12.1. The van der Waals surface area contributed by atoms with Crippen molar-refractivity contribution < 1.29 is 14.3 Å². The van der Waals surface area contributed by atoms with E-state index in [9.17, 15) is 4.79 Å². The molecule has 0 aromatic heterocycles. The molecule has 21 heavy (non-hydrogen) atoms. The largest absolute Gasteiger partial charge is 0.490 e. The molecule has 2 aliphatic heterocycles. The molecule has 0 aliphatic carbocycles. The maximum atomic E-state index is 12.1. The first kappa shape index (κ1) is 14.2. The molecule has 1 aromatic carbocycles. The smallest absolute Gasteiger partial charge is 0.222 e. The van der Waals surface area contributed by atoms with E-state index in [0.717, 1.165) is 42.9 Å². The minimum Gasteiger partial charge on any atom is -0.490 e. The lowest BCUT2D eigenvalue weighted by Gasteiger charge is -2.16. The number of fused-ring (bicyclic) bond motifs is 1. The zero-order valence-corrected chi connectivity index (χ0v) is 12.2. The zero-order valence-electron chi connectivity index (χ0n) is 12.2. The van der Waals surface area contributed by atoms with Crippen LogP contribution >= 0.6 is 0 Å². The molecule has 2 aliphatic rings. The highest BCUT2D eigenvalue weighted by Crippen LogP contribution is 2.30. The number of nitrogens with zero attached hydrogens (tertiary/aromatic N) is 1. The van der Waals surface area contributed by atoms with E-state index >= 15 is 0 Å². The van der Waals surface area contributed by atoms with Crippen molar-refractivity contribution in [2.24, 2.45) is 5.73 Å². The topological polar surface area (TPSA) is 64.8 Å². The van der Waals surface area contributed by atoms with Crippen molar-refractivity contribution in [1.29, 1.82) is 0 Å². The van der Waals surface area contributed by atoms with Gasteiger partial charge in [-0.25, -0.2) is 0 Å². The standard InChI is InChI=1S/C16H22N2O3/c17-13-6-7-18(11-13)16(19)5-3-12-2-4-14-15(10-12)21-9-1-8-20-14/h2,4,10,13H,1,3,5-9,11,17H2/t13-/m1/s1. The van der Waals surface area contributed by atoms with E-state index in [-0.39, 0.29) is 11.9 Å². The molecule has 1 saturated heterocycles. The quantitative estimate of drug-likeness (QED) is 0.912. The maximum Gasteiger partial charge on any atom is 0.222 e. The van der Waals surface area contributed by atoms with Crippen LogP contribution in [0.15, 0.2) is 18.2 Å². The molecule has 1 atom stereocenters. The molecular weight excluding hydrogens is 268 g/mol. The van der Waals surface area contributed by atoms with E-state index in [1.54, 1.807) is 0 Å². The van der Waals surface area contributed by atoms with Crippen molar-refractivity contribution in [3.05, 3.63) is 23.8 Å². The van der Waals surface area contributed by atoms with E-state index in [0.29, 0.717) is 26.2 Å². The van der Waals surface area contributed by atoms with Gasteiger partial charge in [-0.15, -0.1) is 0 Å². The number of hydrogen-bond donors (Lipinski definition) is 1. The summed E-state index contributed by atoms with van der Waals surface area (Å²) >= 11 is 0. The Bertz CT molecular complexity index is 518. The van der Waals surface area contributed by atoms with Crippen LogP contribution < -0.4 is 15.2 Å². The second kappa shape index (κ2) is 6.35. The van der Waals surface area contributed by atoms with Crippen LogP contribution in [0.4, 0.5) is 0 Å². The molecule has 0 bridgehead atoms. The highest BCUT2D eigenvalue weighted by Gasteiger charge is 2.23. The van der Waals surface area contributed by atoms with Gasteiger partial charge in [-0.3, -0.25) is 4.79 Å². The van der Waals surface area contributed by atoms with Crippen molar-refractivity contribution in [3.8, 4) is 11.5 Å². The minimum absolute atomic E-state index is 0.145. The highest BCUT2D eigenvalue weighted by atomic mass is 16.5. The van der Waals surface area contributed by atoms with E-state index < -0.39 is 0 Å². The zero-order chi connectivity index (χ0) is 14.7. The van der Waals surface area contributed by atoms with Gasteiger partial charge in [-0.05, 0) is 30.5 Å². The number of aryl methyl sites for hydroxylation is 1. The van der Waals surface area contributed by atoms with Crippen molar-refractivity contribution in [3.63, 3.8) is 0 Å². The molecule has 114 valence electrons. The van der Waals surface area contributed by atoms with Crippen LogP contribution in [-0.4, -0.2) is 43.2 Å². The van der Waals surface area contributed by atoms with Crippen LogP contribution in [0.3, 0.4) is 0 Å². The Kier molecular flexibility index (Phi) is 4.29. The first-order valence-electron chi connectivity index (χ1n) is 7.64. The summed E-state index contributed by atoms with van der Waals surface area (Å²) in [6, 6.07) is 6.08. The molecule has 1 fully saturated rings. The van der Waals surface area contributed by atoms with Gasteiger partial charge in [0.2, 0.25) is 5.91 Å². The number of nitrogens with two attached hydrogens (primary N) is 1. The lowest BCUT2D eigenvalue weighted by atomic mass is 10.1. The summed E-state index contributed by atoms with van der Waals surface area (Å²) in [5, 5.41) is 0. The van der Waals surface area contributed by atoms with Gasteiger partial charge in [-0.1, -0.05) is 6.07 Å². The first-order chi connectivity index (χ1) is 10.2. The van der Waals surface area contributed by atoms with E-state index in [2.05, 4.69) is 0 Å². The molecule has 2 heterocycles. The Hall–Kier alpha value is -1.75. The molecule has 0 saturated carbocycles. The SMILES string of the molecule is N[C@@H]1CCN(C(=O)CCc2ccc3c(c2)OCCCO3)C1. The van der Waals surface area contributed by atoms with E-state index in [1.807, 2.05) is 23.1 Å². The highest BCUT2D eigenvalue weighted by molar-refractivity contribution is 5.76. The van der Waals surface area contributed by atoms with E-state index in [4.69, 9.17) is 15.2 Å². The van der Waals surface area contributed by atoms with Crippen LogP contribution in [0.5, 0.6) is 11.5 Å². The summed E-state index contributed by atoms with van der Waals surface area (Å²) in [5.74, 6) is 1.78. The van der Waals surface area contributed by atoms with Crippen LogP contribution in [0.25, 0.3) is 0 Å². The summed E-state index contributed by atoms with van der Waals surface area (Å²) < 4.78 is 11.3. The Labute approximate surface area is 125 Å². The third-order valence-electron chi connectivity index (χ3n) is 4.02. The molecule has 5 heteroatoms. The third-order valence-corrected chi connectivity index (χ3v) is 4.02. The van der Waals surface area contributed by atoms with Gasteiger partial charge in [0.05, 0.1) is 13.2 Å². The number of carbonyl (C=O) groups is 1. The average molecular weight is 290 g/mol. The van der Waals surface area contributed by atoms with E-state index in [1.165, 1.54) is 0 Å². The Morgan fingerprint density at radius 3 is 2.86 bits per heavy atom. The van der Waals surface area contributed by atoms with Gasteiger partial charge in [-0.2, -0.15) is 0 Å². The molecule has 0 radical (unpaired) electrons. The number of carbonyl (C=O) groups excluding carboxylic acids is 1. The van der Waals surface area contributed by atoms with Gasteiger partial charge < -0.3 is 20.1 Å². The molecule has 0 unspecified atom stereocenters. The van der Waals surface area contributed by atoms with Gasteiger partial charge in [0.15, 0.2) is 11.5 Å². The fourth-order valence-corrected chi connectivity index (χ4v) is 2.79. The van der Waals surface area contributed by atoms with Crippen LogP contribution in [0.1, 0.15) is 24.8 Å². The van der Waals surface area contributed by atoms with Crippen molar-refractivity contribution in [1.82, 2.24) is 4.90 Å². The number of likely N-dealkylation sites (tertiary alicyclic amines) is 1. The summed E-state index contributed by atoms with van der Waals surface area (Å²) in [4.78, 5) is 14.0. The van der Waals surface area contributed by atoms with Crippen molar-refractivity contribution in [2.45, 2.75) is 31.7 Å². The number of benzene rings is 1. The summed E-state index contributed by atoms with van der Waals surface area (Å²) in [6.07, 6.45) is 3.06. The first-order valence-corrected chi connectivity index (χ1v) is 7.64. The van der Waals surface area contributed by atoms with Gasteiger partial charge in [0, 0.05) is 32.0 Å². The van der Waals surface area contributed by atoms with Gasteiger partial charge in [0.25, 0.3) is 0 Å².